The predicted octanol–water partition coefficient (Wildman–Crippen LogP) is 9.58. The molecule has 0 saturated carbocycles. The van der Waals surface area contributed by atoms with Crippen LogP contribution in [0.2, 0.25) is 5.02 Å². The molecule has 1 amide bonds. The van der Waals surface area contributed by atoms with Crippen molar-refractivity contribution >= 4 is 45.7 Å². The van der Waals surface area contributed by atoms with Crippen molar-refractivity contribution in [2.75, 3.05) is 5.32 Å². The van der Waals surface area contributed by atoms with E-state index < -0.39 is 0 Å². The van der Waals surface area contributed by atoms with Crippen LogP contribution in [0, 0.1) is 39.0 Å². The number of amides is 1. The van der Waals surface area contributed by atoms with E-state index >= 15 is 0 Å². The second-order valence-corrected chi connectivity index (χ2v) is 13.6. The minimum atomic E-state index is -0.109. The van der Waals surface area contributed by atoms with Gasteiger partial charge in [-0.1, -0.05) is 50.6 Å². The number of aromatic nitrogens is 1. The average Bonchev–Trinajstić information content (AvgIpc) is 3.39. The number of nitrogens with zero attached hydrogens (tertiary/aromatic N) is 2. The zero-order chi connectivity index (χ0) is 28.8. The Hall–Kier alpha value is -3.15. The molecule has 2 aromatic carbocycles. The number of benzene rings is 2. The Labute approximate surface area is 247 Å². The zero-order valence-corrected chi connectivity index (χ0v) is 26.1. The highest BCUT2D eigenvalue weighted by atomic mass is 35.5. The Morgan fingerprint density at radius 1 is 1.07 bits per heavy atom. The van der Waals surface area contributed by atoms with Crippen LogP contribution in [-0.2, 0) is 12.8 Å². The van der Waals surface area contributed by atoms with Gasteiger partial charge in [-0.15, -0.1) is 11.3 Å². The van der Waals surface area contributed by atoms with Crippen molar-refractivity contribution in [1.29, 1.82) is 0 Å². The summed E-state index contributed by atoms with van der Waals surface area (Å²) in [7, 11) is 0. The van der Waals surface area contributed by atoms with E-state index in [4.69, 9.17) is 16.6 Å². The highest BCUT2D eigenvalue weighted by molar-refractivity contribution is 7.16. The van der Waals surface area contributed by atoms with Gasteiger partial charge in [0.05, 0.1) is 11.3 Å². The summed E-state index contributed by atoms with van der Waals surface area (Å²) in [4.78, 5) is 20.0. The number of hydrogen-bond donors (Lipinski definition) is 1. The van der Waals surface area contributed by atoms with Crippen molar-refractivity contribution in [3.63, 3.8) is 0 Å². The van der Waals surface area contributed by atoms with Gasteiger partial charge < -0.3 is 9.88 Å². The predicted molar refractivity (Wildman–Crippen MR) is 171 cm³/mol. The van der Waals surface area contributed by atoms with Gasteiger partial charge in [-0.2, -0.15) is 0 Å². The van der Waals surface area contributed by atoms with Crippen LogP contribution in [0.4, 0.5) is 10.7 Å². The first-order valence-corrected chi connectivity index (χ1v) is 15.1. The lowest BCUT2D eigenvalue weighted by molar-refractivity contribution is 0.102. The molecule has 0 aliphatic heterocycles. The lowest BCUT2D eigenvalue weighted by Gasteiger charge is -2.33. The maximum atomic E-state index is 13.7. The quantitative estimate of drug-likeness (QED) is 0.238. The zero-order valence-electron chi connectivity index (χ0n) is 24.5. The molecule has 2 heterocycles. The fraction of sp³-hybridized carbons (Fsp3) is 0.353. The third-order valence-electron chi connectivity index (χ3n) is 8.25. The number of hydrogen-bond acceptors (Lipinski definition) is 3. The van der Waals surface area contributed by atoms with E-state index in [1.165, 1.54) is 21.7 Å². The summed E-state index contributed by atoms with van der Waals surface area (Å²) in [6.45, 7) is 15.5. The molecule has 40 heavy (non-hydrogen) atoms. The van der Waals surface area contributed by atoms with Gasteiger partial charge in [-0.05, 0) is 105 Å². The summed E-state index contributed by atoms with van der Waals surface area (Å²) >= 11 is 7.74. The first-order valence-electron chi connectivity index (χ1n) is 13.9. The summed E-state index contributed by atoms with van der Waals surface area (Å²) in [5, 5.41) is 4.51. The van der Waals surface area contributed by atoms with Gasteiger partial charge in [0, 0.05) is 38.8 Å². The summed E-state index contributed by atoms with van der Waals surface area (Å²) in [5.74, 6) is 0.473. The highest BCUT2D eigenvalue weighted by Crippen LogP contribution is 2.45. The number of anilines is 1. The third kappa shape index (κ3) is 5.55. The van der Waals surface area contributed by atoms with E-state index in [0.29, 0.717) is 16.5 Å². The minimum Gasteiger partial charge on any atom is -0.322 e. The number of carbonyl (C=O) groups is 1. The molecule has 4 aromatic rings. The Morgan fingerprint density at radius 3 is 2.40 bits per heavy atom. The van der Waals surface area contributed by atoms with Crippen molar-refractivity contribution in [3.05, 3.63) is 97.6 Å². The second kappa shape index (κ2) is 11.0. The van der Waals surface area contributed by atoms with Gasteiger partial charge in [-0.3, -0.25) is 4.79 Å². The lowest BCUT2D eigenvalue weighted by Crippen LogP contribution is -2.27. The van der Waals surface area contributed by atoms with Crippen LogP contribution in [0.5, 0.6) is 0 Å². The number of aryl methyl sites for hydroxylation is 3. The fourth-order valence-corrected chi connectivity index (χ4v) is 7.31. The van der Waals surface area contributed by atoms with Crippen molar-refractivity contribution < 1.29 is 4.79 Å². The molecule has 0 saturated heterocycles. The van der Waals surface area contributed by atoms with Gasteiger partial charge in [0.1, 0.15) is 5.00 Å². The number of para-hydroxylation sites is 1. The molecule has 2 aromatic heterocycles. The minimum absolute atomic E-state index is 0.109. The van der Waals surface area contributed by atoms with Crippen LogP contribution in [0.15, 0.2) is 53.5 Å². The van der Waals surface area contributed by atoms with Crippen LogP contribution in [0.25, 0.3) is 5.69 Å². The van der Waals surface area contributed by atoms with Gasteiger partial charge in [0.2, 0.25) is 0 Å². The number of halogens is 1. The number of aliphatic imine (C=N–C) groups is 1. The molecule has 0 radical (unpaired) electrons. The van der Waals surface area contributed by atoms with Gasteiger partial charge in [0.15, 0.2) is 0 Å². The second-order valence-electron chi connectivity index (χ2n) is 12.1. The van der Waals surface area contributed by atoms with E-state index in [2.05, 4.69) is 82.6 Å². The van der Waals surface area contributed by atoms with Crippen molar-refractivity contribution in [2.24, 2.45) is 16.3 Å². The Balaban J connectivity index is 1.54. The van der Waals surface area contributed by atoms with Crippen LogP contribution >= 0.6 is 22.9 Å². The molecule has 1 aliphatic carbocycles. The molecular weight excluding hydrogens is 534 g/mol. The van der Waals surface area contributed by atoms with Crippen LogP contribution in [-0.4, -0.2) is 16.7 Å². The normalized spacial score (nSPS) is 15.4. The standard InChI is InChI=1S/C34H38ClN3OS/c1-20-9-8-10-21(2)31(20)38-22(3)17-24(23(38)4)19-36-33-30(32(39)37-27-14-12-26(35)13-15-27)28-16-11-25(34(5,6)7)18-29(28)40-33/h8-10,12-15,17,19,25H,11,16,18H2,1-7H3,(H,37,39)/t25-/m0/s1. The van der Waals surface area contributed by atoms with Crippen LogP contribution in [0.1, 0.15) is 76.1 Å². The molecule has 1 aliphatic rings. The molecule has 6 heteroatoms. The summed E-state index contributed by atoms with van der Waals surface area (Å²) in [5.41, 5.74) is 9.88. The molecule has 4 nitrogen and oxygen atoms in total. The molecule has 5 rings (SSSR count). The van der Waals surface area contributed by atoms with Crippen molar-refractivity contribution in [1.82, 2.24) is 4.57 Å². The molecule has 208 valence electrons. The summed E-state index contributed by atoms with van der Waals surface area (Å²) in [6, 6.07) is 15.8. The fourth-order valence-electron chi connectivity index (χ4n) is 5.91. The maximum absolute atomic E-state index is 13.7. The van der Waals surface area contributed by atoms with E-state index in [-0.39, 0.29) is 11.3 Å². The number of fused-ring (bicyclic) bond motifs is 1. The topological polar surface area (TPSA) is 46.4 Å². The van der Waals surface area contributed by atoms with Crippen LogP contribution in [0.3, 0.4) is 0 Å². The van der Waals surface area contributed by atoms with Crippen molar-refractivity contribution in [2.45, 2.75) is 67.7 Å². The van der Waals surface area contributed by atoms with E-state index in [0.717, 1.165) is 52.5 Å². The number of thiophene rings is 1. The number of rotatable bonds is 5. The number of carbonyl (C=O) groups excluding carboxylic acids is 1. The van der Waals surface area contributed by atoms with Gasteiger partial charge in [-0.25, -0.2) is 4.99 Å². The number of nitrogens with one attached hydrogen (secondary N) is 1. The Bertz CT molecular complexity index is 1580. The third-order valence-corrected chi connectivity index (χ3v) is 9.67. The smallest absolute Gasteiger partial charge is 0.259 e. The van der Waals surface area contributed by atoms with E-state index in [1.54, 1.807) is 23.5 Å². The molecule has 1 atom stereocenters. The maximum Gasteiger partial charge on any atom is 0.259 e. The molecule has 0 unspecified atom stereocenters. The first-order chi connectivity index (χ1) is 18.9. The van der Waals surface area contributed by atoms with E-state index in [9.17, 15) is 4.79 Å². The Kier molecular flexibility index (Phi) is 7.82. The van der Waals surface area contributed by atoms with Gasteiger partial charge in [0.25, 0.3) is 5.91 Å². The monoisotopic (exact) mass is 571 g/mol. The lowest BCUT2D eigenvalue weighted by atomic mass is 9.72. The van der Waals surface area contributed by atoms with Gasteiger partial charge >= 0.3 is 0 Å². The molecule has 0 spiro atoms. The average molecular weight is 572 g/mol. The largest absolute Gasteiger partial charge is 0.322 e. The molecule has 1 N–H and O–H groups in total. The van der Waals surface area contributed by atoms with Crippen LogP contribution < -0.4 is 5.32 Å². The molecular formula is C34H38ClN3OS. The first kappa shape index (κ1) is 28.4. The summed E-state index contributed by atoms with van der Waals surface area (Å²) in [6.07, 6.45) is 4.90. The van der Waals surface area contributed by atoms with E-state index in [1.807, 2.05) is 18.3 Å². The summed E-state index contributed by atoms with van der Waals surface area (Å²) < 4.78 is 2.31. The highest BCUT2D eigenvalue weighted by Gasteiger charge is 2.33. The Morgan fingerprint density at radius 2 is 1.75 bits per heavy atom. The SMILES string of the molecule is Cc1cccc(C)c1-n1c(C)cc(C=Nc2sc3c(c2C(=O)Nc2ccc(Cl)cc2)CC[C@H](C(C)(C)C)C3)c1C. The molecule has 0 bridgehead atoms. The molecule has 0 fully saturated rings. The van der Waals surface area contributed by atoms with Crippen molar-refractivity contribution in [3.8, 4) is 5.69 Å².